The van der Waals surface area contributed by atoms with Gasteiger partial charge < -0.3 is 0 Å². The van der Waals surface area contributed by atoms with E-state index >= 15 is 0 Å². The first kappa shape index (κ1) is 51.9. The number of pyridine rings is 2. The number of alkyl halides is 8. The Morgan fingerprint density at radius 1 is 0.484 bits per heavy atom. The fourth-order valence-corrected chi connectivity index (χ4v) is 12.6. The number of sulfone groups is 2. The van der Waals surface area contributed by atoms with Crippen molar-refractivity contribution in [2.75, 3.05) is 0 Å². The molecule has 0 radical (unpaired) electrons. The van der Waals surface area contributed by atoms with Crippen LogP contribution in [0.2, 0.25) is 0 Å². The molecule has 0 saturated carbocycles. The molecule has 0 saturated heterocycles. The van der Waals surface area contributed by atoms with Gasteiger partial charge in [0.2, 0.25) is 9.84 Å². The summed E-state index contributed by atoms with van der Waals surface area (Å²) in [5.41, 5.74) is -2.39. The lowest BCUT2D eigenvalue weighted by molar-refractivity contribution is -0.138. The average molecular weight is 1110 g/mol. The summed E-state index contributed by atoms with van der Waals surface area (Å²) in [4.78, 5) is 5.29. The van der Waals surface area contributed by atoms with E-state index in [0.29, 0.717) is 23.8 Å². The molecule has 11 nitrogen and oxygen atoms in total. The fraction of sp³-hybridized carbons (Fsp3) is 0.105. The zero-order valence-electron chi connectivity index (χ0n) is 31.5. The molecular formula is C38H26Br2F9N3O8S4. The number of rotatable bonds is 10. The number of hydrogen-bond acceptors (Lipinski definition) is 10. The van der Waals surface area contributed by atoms with Crippen LogP contribution in [0.5, 0.6) is 0 Å². The van der Waals surface area contributed by atoms with Gasteiger partial charge in [0, 0.05) is 39.3 Å². The summed E-state index contributed by atoms with van der Waals surface area (Å²) in [6.45, 7) is 0. The van der Waals surface area contributed by atoms with Crippen molar-refractivity contribution in [2.24, 2.45) is 0 Å². The van der Waals surface area contributed by atoms with Gasteiger partial charge in [0.05, 0.1) is 40.4 Å². The Morgan fingerprint density at radius 3 is 1.23 bits per heavy atom. The summed E-state index contributed by atoms with van der Waals surface area (Å²) >= 11 is 5.51. The van der Waals surface area contributed by atoms with Gasteiger partial charge in [0.25, 0.3) is 20.0 Å². The van der Waals surface area contributed by atoms with Crippen LogP contribution in [0.3, 0.4) is 0 Å². The molecule has 0 bridgehead atoms. The van der Waals surface area contributed by atoms with Crippen molar-refractivity contribution in [1.82, 2.24) is 13.9 Å². The zero-order valence-corrected chi connectivity index (χ0v) is 37.9. The number of hydrogen-bond donors (Lipinski definition) is 0. The maximum absolute atomic E-state index is 14.3. The van der Waals surface area contributed by atoms with E-state index in [2.05, 4.69) is 41.8 Å². The van der Waals surface area contributed by atoms with Crippen molar-refractivity contribution in [2.45, 2.75) is 42.9 Å². The van der Waals surface area contributed by atoms with E-state index in [4.69, 9.17) is 0 Å². The summed E-state index contributed by atoms with van der Waals surface area (Å²) in [7, 11) is -18.5. The van der Waals surface area contributed by atoms with E-state index in [1.54, 1.807) is 0 Å². The smallest absolute Gasteiger partial charge is 0.265 e. The van der Waals surface area contributed by atoms with Crippen molar-refractivity contribution in [3.05, 3.63) is 177 Å². The van der Waals surface area contributed by atoms with Crippen LogP contribution >= 0.6 is 31.9 Å². The zero-order chi connectivity index (χ0) is 47.9. The maximum atomic E-state index is 14.3. The predicted octanol–water partition coefficient (Wildman–Crippen LogP) is 10.2. The lowest BCUT2D eigenvalue weighted by atomic mass is 10.2. The highest BCUT2D eigenvalue weighted by Crippen LogP contribution is 2.42. The van der Waals surface area contributed by atoms with Gasteiger partial charge in [-0.25, -0.2) is 33.7 Å². The molecule has 0 aliphatic rings. The molecule has 0 aliphatic heterocycles. The molecule has 342 valence electrons. The number of aromatic nitrogens is 2. The summed E-state index contributed by atoms with van der Waals surface area (Å²) in [5.74, 6) is -0.306. The lowest BCUT2D eigenvalue weighted by Crippen LogP contribution is -2.29. The highest BCUT2D eigenvalue weighted by Gasteiger charge is 2.49. The van der Waals surface area contributed by atoms with E-state index < -0.39 is 97.1 Å². The van der Waals surface area contributed by atoms with Crippen LogP contribution in [-0.2, 0) is 63.1 Å². The Kier molecular flexibility index (Phi) is 16.4. The molecule has 6 aromatic rings. The topological polar surface area (TPSA) is 166 Å². The molecule has 26 heteroatoms. The number of benzene rings is 4. The van der Waals surface area contributed by atoms with Gasteiger partial charge in [-0.3, -0.25) is 9.97 Å². The van der Waals surface area contributed by atoms with Gasteiger partial charge in [0.15, 0.2) is 9.84 Å². The normalized spacial score (nSPS) is 12.7. The molecule has 4 aromatic carbocycles. The maximum Gasteiger partial charge on any atom is 0.416 e. The van der Waals surface area contributed by atoms with Crippen molar-refractivity contribution in [3.63, 3.8) is 0 Å². The average Bonchev–Trinajstić information content (AvgIpc) is 3.24. The fourth-order valence-electron chi connectivity index (χ4n) is 4.92. The van der Waals surface area contributed by atoms with E-state index in [1.165, 1.54) is 60.9 Å². The Balaban J connectivity index is 0.000000211. The second-order valence-electron chi connectivity index (χ2n) is 12.4. The van der Waals surface area contributed by atoms with Crippen LogP contribution in [0.1, 0.15) is 22.3 Å². The first-order valence-corrected chi connectivity index (χ1v) is 24.6. The van der Waals surface area contributed by atoms with Gasteiger partial charge in [-0.1, -0.05) is 36.4 Å². The molecule has 0 aliphatic carbocycles. The van der Waals surface area contributed by atoms with Crippen LogP contribution in [-0.4, -0.2) is 47.6 Å². The first-order valence-electron chi connectivity index (χ1n) is 17.0. The number of halogens is 11. The summed E-state index contributed by atoms with van der Waals surface area (Å²) in [6.07, 6.45) is -4.37. The first-order chi connectivity index (χ1) is 29.5. The van der Waals surface area contributed by atoms with Crippen LogP contribution < -0.4 is 0 Å². The van der Waals surface area contributed by atoms with E-state index in [0.717, 1.165) is 67.0 Å². The lowest BCUT2D eigenvalue weighted by Gasteiger charge is -2.18. The summed E-state index contributed by atoms with van der Waals surface area (Å²) < 4.78 is 213. The predicted molar refractivity (Wildman–Crippen MR) is 219 cm³/mol. The summed E-state index contributed by atoms with van der Waals surface area (Å²) in [6, 6.07) is 21.6. The SMILES string of the molecule is O=S(=O)(Cc1ccncc1)c1ccc(C(F)(F)F)cc1Br.O=S(=O)(c1ccc(C(F)(F)F)cc1Br)C(F)(F)c1ccncc1.O=S(=O)(c1ccccc1)N(F)S(=O)(=O)c1ccccc1. The molecule has 0 amide bonds. The number of sulfonamides is 2. The highest BCUT2D eigenvalue weighted by atomic mass is 79.9. The third-order valence-corrected chi connectivity index (χ3v) is 17.2. The van der Waals surface area contributed by atoms with Crippen LogP contribution in [0.15, 0.2) is 175 Å². The molecule has 6 rings (SSSR count). The Labute approximate surface area is 376 Å². The third-order valence-electron chi connectivity index (χ3n) is 8.06. The van der Waals surface area contributed by atoms with E-state index in [1.807, 2.05) is 0 Å². The van der Waals surface area contributed by atoms with Crippen LogP contribution in [0.4, 0.5) is 39.6 Å². The molecule has 0 spiro atoms. The van der Waals surface area contributed by atoms with E-state index in [-0.39, 0.29) is 15.1 Å². The molecule has 0 unspecified atom stereocenters. The molecule has 2 heterocycles. The third kappa shape index (κ3) is 12.3. The largest absolute Gasteiger partial charge is 0.416 e. The van der Waals surface area contributed by atoms with Crippen molar-refractivity contribution in [3.8, 4) is 0 Å². The van der Waals surface area contributed by atoms with Gasteiger partial charge in [-0.15, -0.1) is 4.48 Å². The summed E-state index contributed by atoms with van der Waals surface area (Å²) in [5, 5.41) is -4.32. The van der Waals surface area contributed by atoms with Crippen molar-refractivity contribution in [1.29, 1.82) is 0 Å². The van der Waals surface area contributed by atoms with Crippen LogP contribution in [0, 0.1) is 0 Å². The Bertz CT molecular complexity index is 2950. The minimum absolute atomic E-state index is 0.105. The van der Waals surface area contributed by atoms with Gasteiger partial charge >= 0.3 is 17.6 Å². The Hall–Kier alpha value is -4.73. The van der Waals surface area contributed by atoms with Gasteiger partial charge in [-0.05, 0) is 122 Å². The quantitative estimate of drug-likeness (QED) is 0.0952. The molecule has 64 heavy (non-hydrogen) atoms. The highest BCUT2D eigenvalue weighted by molar-refractivity contribution is 9.10. The second-order valence-corrected chi connectivity index (χ2v) is 21.8. The molecule has 0 N–H and O–H groups in total. The molecule has 0 atom stereocenters. The van der Waals surface area contributed by atoms with Crippen molar-refractivity contribution < 1.29 is 73.3 Å². The minimum atomic E-state index is -5.26. The molecule has 0 fully saturated rings. The second kappa shape index (κ2) is 20.2. The van der Waals surface area contributed by atoms with Crippen LogP contribution in [0.25, 0.3) is 0 Å². The van der Waals surface area contributed by atoms with Gasteiger partial charge in [0.1, 0.15) is 0 Å². The monoisotopic (exact) mass is 1110 g/mol. The molecule has 2 aromatic heterocycles. The number of nitrogens with zero attached hydrogens (tertiary/aromatic N) is 3. The van der Waals surface area contributed by atoms with E-state index in [9.17, 15) is 73.3 Å². The standard InChI is InChI=1S/C13H7BrF5NO2S.C13H9BrF3NO2S.C12H10FNO4S2/c14-10-7-9(12(15,16)17)1-2-11(10)23(21,22)13(18,19)8-3-5-20-6-4-8;14-11-7-10(13(15,16)17)1-2-12(11)21(19,20)8-9-3-5-18-6-4-9;13-14(19(15,16)11-7-3-1-4-8-11)20(17,18)12-9-5-2-6-10-12/h1-7H;1-7H,8H2;1-10H. The Morgan fingerprint density at radius 2 is 0.859 bits per heavy atom. The minimum Gasteiger partial charge on any atom is -0.265 e. The molecular weight excluding hydrogens is 1090 g/mol. The van der Waals surface area contributed by atoms with Gasteiger partial charge in [-0.2, -0.15) is 35.1 Å². The van der Waals surface area contributed by atoms with Crippen molar-refractivity contribution >= 4 is 71.6 Å².